The van der Waals surface area contributed by atoms with Gasteiger partial charge >= 0.3 is 0 Å². The molecule has 1 N–H and O–H groups in total. The lowest BCUT2D eigenvalue weighted by molar-refractivity contribution is 0.665. The van der Waals surface area contributed by atoms with Crippen LogP contribution in [0.4, 0.5) is 0 Å². The molecule has 0 aromatic heterocycles. The second-order valence-electron chi connectivity index (χ2n) is 3.95. The standard InChI is InChI=1S/C14H12OS/c1-10-13-7-3-2-5-11(13)9-12-6-4-8-16(15)14(10)12/h2-9,15H,1H3. The van der Waals surface area contributed by atoms with Crippen LogP contribution in [-0.2, 0) is 0 Å². The van der Waals surface area contributed by atoms with Crippen LogP contribution in [0.15, 0.2) is 41.8 Å². The van der Waals surface area contributed by atoms with Gasteiger partial charge in [-0.05, 0) is 50.7 Å². The quantitative estimate of drug-likeness (QED) is 0.685. The Morgan fingerprint density at radius 3 is 2.88 bits per heavy atom. The van der Waals surface area contributed by atoms with Crippen LogP contribution < -0.4 is 5.22 Å². The molecule has 0 saturated carbocycles. The average molecular weight is 228 g/mol. The number of allylic oxidation sites excluding steroid dienone is 1. The first-order valence-corrected chi connectivity index (χ1v) is 6.48. The summed E-state index contributed by atoms with van der Waals surface area (Å²) in [5, 5.41) is 5.47. The van der Waals surface area contributed by atoms with E-state index in [0.29, 0.717) is 0 Å². The molecule has 16 heavy (non-hydrogen) atoms. The van der Waals surface area contributed by atoms with Crippen molar-refractivity contribution in [3.05, 3.63) is 57.1 Å². The van der Waals surface area contributed by atoms with Crippen LogP contribution in [0.5, 0.6) is 0 Å². The zero-order valence-electron chi connectivity index (χ0n) is 8.97. The van der Waals surface area contributed by atoms with Crippen molar-refractivity contribution in [3.63, 3.8) is 0 Å². The second-order valence-corrected chi connectivity index (χ2v) is 5.26. The number of fused-ring (bicyclic) bond motifs is 2. The molecule has 1 aliphatic heterocycles. The van der Waals surface area contributed by atoms with Gasteiger partial charge in [0.25, 0.3) is 0 Å². The van der Waals surface area contributed by atoms with Crippen molar-refractivity contribution in [3.8, 4) is 0 Å². The van der Waals surface area contributed by atoms with Crippen LogP contribution in [0.1, 0.15) is 5.56 Å². The highest BCUT2D eigenvalue weighted by Gasteiger charge is 2.04. The summed E-state index contributed by atoms with van der Waals surface area (Å²) in [7, 11) is -0.745. The molecule has 2 heteroatoms. The van der Waals surface area contributed by atoms with Gasteiger partial charge in [-0.25, -0.2) is 0 Å². The highest BCUT2D eigenvalue weighted by molar-refractivity contribution is 8.07. The lowest BCUT2D eigenvalue weighted by Gasteiger charge is -2.07. The van der Waals surface area contributed by atoms with Crippen molar-refractivity contribution < 1.29 is 4.55 Å². The molecule has 80 valence electrons. The van der Waals surface area contributed by atoms with E-state index in [9.17, 15) is 4.55 Å². The molecule has 0 aliphatic carbocycles. The van der Waals surface area contributed by atoms with Gasteiger partial charge in [-0.1, -0.05) is 36.4 Å². The maximum absolute atomic E-state index is 10.0. The highest BCUT2D eigenvalue weighted by Crippen LogP contribution is 2.23. The molecule has 1 heterocycles. The Bertz CT molecular complexity index is 726. The van der Waals surface area contributed by atoms with E-state index in [2.05, 4.69) is 31.2 Å². The predicted molar refractivity (Wildman–Crippen MR) is 71.0 cm³/mol. The van der Waals surface area contributed by atoms with E-state index in [0.717, 1.165) is 9.73 Å². The Kier molecular flexibility index (Phi) is 2.20. The maximum Gasteiger partial charge on any atom is 0.0378 e. The summed E-state index contributed by atoms with van der Waals surface area (Å²) in [4.78, 5) is 0. The summed E-state index contributed by atoms with van der Waals surface area (Å²) in [6, 6.07) is 10.5. The summed E-state index contributed by atoms with van der Waals surface area (Å²) < 4.78 is 11.1. The molecular weight excluding hydrogens is 216 g/mol. The zero-order valence-corrected chi connectivity index (χ0v) is 9.79. The smallest absolute Gasteiger partial charge is 0.0378 e. The average Bonchev–Trinajstić information content (AvgIpc) is 2.29. The molecule has 3 rings (SSSR count). The SMILES string of the molecule is Cc1c2c(cc3ccccc13)=CC=CS=2O. The van der Waals surface area contributed by atoms with Crippen molar-refractivity contribution in [1.29, 1.82) is 0 Å². The second kappa shape index (κ2) is 3.58. The molecule has 1 atom stereocenters. The van der Waals surface area contributed by atoms with E-state index < -0.39 is 10.8 Å². The Labute approximate surface area is 96.5 Å². The zero-order chi connectivity index (χ0) is 11.1. The van der Waals surface area contributed by atoms with E-state index in [-0.39, 0.29) is 0 Å². The van der Waals surface area contributed by atoms with E-state index >= 15 is 0 Å². The number of hydrogen-bond acceptors (Lipinski definition) is 1. The third-order valence-corrected chi connectivity index (χ3v) is 4.35. The number of aryl methyl sites for hydroxylation is 1. The van der Waals surface area contributed by atoms with Crippen molar-refractivity contribution in [2.75, 3.05) is 0 Å². The highest BCUT2D eigenvalue weighted by atomic mass is 32.2. The third kappa shape index (κ3) is 1.34. The van der Waals surface area contributed by atoms with Crippen LogP contribution in [-0.4, -0.2) is 4.55 Å². The Hall–Kier alpha value is -1.38. The predicted octanol–water partition coefficient (Wildman–Crippen LogP) is 3.45. The topological polar surface area (TPSA) is 20.2 Å². The van der Waals surface area contributed by atoms with Gasteiger partial charge in [0.15, 0.2) is 0 Å². The van der Waals surface area contributed by atoms with Crippen LogP contribution in [0.25, 0.3) is 16.8 Å². The molecule has 2 aromatic carbocycles. The molecular formula is C14H12OS. The molecule has 0 saturated heterocycles. The molecule has 0 spiro atoms. The van der Waals surface area contributed by atoms with Gasteiger partial charge < -0.3 is 4.55 Å². The van der Waals surface area contributed by atoms with E-state index in [1.54, 1.807) is 0 Å². The summed E-state index contributed by atoms with van der Waals surface area (Å²) in [6.07, 6.45) is 3.99. The van der Waals surface area contributed by atoms with Gasteiger partial charge in [0.1, 0.15) is 0 Å². The van der Waals surface area contributed by atoms with E-state index in [4.69, 9.17) is 0 Å². The van der Waals surface area contributed by atoms with E-state index in [1.165, 1.54) is 16.3 Å². The lowest BCUT2D eigenvalue weighted by Crippen LogP contribution is -2.06. The summed E-state index contributed by atoms with van der Waals surface area (Å²) in [6.45, 7) is 2.09. The third-order valence-electron chi connectivity index (χ3n) is 2.97. The first-order chi connectivity index (χ1) is 7.77. The van der Waals surface area contributed by atoms with Crippen LogP contribution in [0.3, 0.4) is 0 Å². The van der Waals surface area contributed by atoms with E-state index in [1.807, 2.05) is 23.6 Å². The van der Waals surface area contributed by atoms with Crippen molar-refractivity contribution >= 4 is 27.6 Å². The van der Waals surface area contributed by atoms with Crippen molar-refractivity contribution in [2.24, 2.45) is 0 Å². The van der Waals surface area contributed by atoms with Gasteiger partial charge in [0.05, 0.1) is 0 Å². The fourth-order valence-electron chi connectivity index (χ4n) is 2.22. The molecule has 1 aliphatic rings. The van der Waals surface area contributed by atoms with Crippen LogP contribution >= 0.6 is 10.8 Å². The number of benzene rings is 2. The maximum atomic E-state index is 10.0. The van der Waals surface area contributed by atoms with Gasteiger partial charge in [-0.3, -0.25) is 0 Å². The minimum Gasteiger partial charge on any atom is -0.333 e. The van der Waals surface area contributed by atoms with Gasteiger partial charge in [0, 0.05) is 4.51 Å². The molecule has 0 amide bonds. The molecule has 2 aromatic rings. The minimum absolute atomic E-state index is 0.745. The molecule has 0 fully saturated rings. The van der Waals surface area contributed by atoms with Crippen LogP contribution in [0, 0.1) is 11.4 Å². The summed E-state index contributed by atoms with van der Waals surface area (Å²) in [5.74, 6) is 0. The molecule has 1 unspecified atom stereocenters. The Balaban J connectivity index is 2.65. The Morgan fingerprint density at radius 2 is 2.00 bits per heavy atom. The minimum atomic E-state index is -0.745. The summed E-state index contributed by atoms with van der Waals surface area (Å²) >= 11 is 0. The monoisotopic (exact) mass is 228 g/mol. The fraction of sp³-hybridized carbons (Fsp3) is 0.0714. The van der Waals surface area contributed by atoms with Crippen molar-refractivity contribution in [2.45, 2.75) is 6.92 Å². The Morgan fingerprint density at radius 1 is 1.19 bits per heavy atom. The number of hydrogen-bond donors (Lipinski definition) is 1. The molecule has 1 nitrogen and oxygen atoms in total. The first-order valence-electron chi connectivity index (χ1n) is 5.23. The molecule has 0 bridgehead atoms. The van der Waals surface area contributed by atoms with Gasteiger partial charge in [-0.15, -0.1) is 0 Å². The normalized spacial score (nSPS) is 18.2. The van der Waals surface area contributed by atoms with Crippen molar-refractivity contribution in [1.82, 2.24) is 0 Å². The summed E-state index contributed by atoms with van der Waals surface area (Å²) in [5.41, 5.74) is 1.19. The molecule has 0 radical (unpaired) electrons. The van der Waals surface area contributed by atoms with Gasteiger partial charge in [-0.2, -0.15) is 0 Å². The first kappa shape index (κ1) is 9.82. The van der Waals surface area contributed by atoms with Gasteiger partial charge in [0.2, 0.25) is 0 Å². The largest absolute Gasteiger partial charge is 0.333 e. The number of rotatable bonds is 0. The lowest BCUT2D eigenvalue weighted by atomic mass is 10.0. The van der Waals surface area contributed by atoms with Crippen LogP contribution in [0.2, 0.25) is 0 Å². The fourth-order valence-corrected chi connectivity index (χ4v) is 3.38.